The molecule has 1 atom stereocenters. The Bertz CT molecular complexity index is 169. The van der Waals surface area contributed by atoms with Crippen molar-refractivity contribution in [1.29, 1.82) is 0 Å². The summed E-state index contributed by atoms with van der Waals surface area (Å²) in [5.41, 5.74) is 0. The second-order valence-corrected chi connectivity index (χ2v) is 6.91. The molecule has 0 aromatic carbocycles. The molecular formula is C14H33NO2Si. The Labute approximate surface area is 116 Å². The minimum absolute atomic E-state index is 0.654. The molecule has 0 aromatic heterocycles. The van der Waals surface area contributed by atoms with Gasteiger partial charge in [0.25, 0.3) is 0 Å². The van der Waals surface area contributed by atoms with Crippen LogP contribution in [0.5, 0.6) is 0 Å². The molecule has 0 saturated heterocycles. The third kappa shape index (κ3) is 8.24. The van der Waals surface area contributed by atoms with Crippen molar-refractivity contribution in [3.8, 4) is 0 Å². The molecule has 0 aliphatic rings. The highest BCUT2D eigenvalue weighted by molar-refractivity contribution is 6.44. The van der Waals surface area contributed by atoms with Crippen LogP contribution >= 0.6 is 0 Å². The fourth-order valence-electron chi connectivity index (χ4n) is 2.27. The minimum atomic E-state index is -1.40. The SMILES string of the molecule is CCCN(CCC)C(C)CC[SiH](OCC)OCC. The molecule has 4 heteroatoms. The Hall–Kier alpha value is 0.0969. The van der Waals surface area contributed by atoms with Crippen LogP contribution in [0.1, 0.15) is 53.9 Å². The molecule has 0 rings (SSSR count). The first-order valence-electron chi connectivity index (χ1n) is 7.66. The van der Waals surface area contributed by atoms with Gasteiger partial charge in [-0.25, -0.2) is 0 Å². The third-order valence-corrected chi connectivity index (χ3v) is 5.39. The lowest BCUT2D eigenvalue weighted by atomic mass is 10.2. The number of hydrogen-bond acceptors (Lipinski definition) is 3. The van der Waals surface area contributed by atoms with E-state index in [1.807, 2.05) is 0 Å². The van der Waals surface area contributed by atoms with Gasteiger partial charge in [-0.2, -0.15) is 0 Å². The highest BCUT2D eigenvalue weighted by Gasteiger charge is 2.17. The van der Waals surface area contributed by atoms with Gasteiger partial charge in [0.05, 0.1) is 0 Å². The van der Waals surface area contributed by atoms with E-state index in [0.29, 0.717) is 6.04 Å². The molecule has 0 radical (unpaired) electrons. The fraction of sp³-hybridized carbons (Fsp3) is 1.00. The van der Waals surface area contributed by atoms with E-state index >= 15 is 0 Å². The maximum absolute atomic E-state index is 5.73. The van der Waals surface area contributed by atoms with Gasteiger partial charge in [0.15, 0.2) is 0 Å². The highest BCUT2D eigenvalue weighted by atomic mass is 28.3. The van der Waals surface area contributed by atoms with Crippen LogP contribution in [0.25, 0.3) is 0 Å². The molecule has 0 aliphatic carbocycles. The molecule has 110 valence electrons. The van der Waals surface area contributed by atoms with Crippen molar-refractivity contribution in [2.75, 3.05) is 26.3 Å². The second-order valence-electron chi connectivity index (χ2n) is 4.80. The minimum Gasteiger partial charge on any atom is -0.397 e. The molecule has 0 amide bonds. The molecule has 0 N–H and O–H groups in total. The summed E-state index contributed by atoms with van der Waals surface area (Å²) in [5, 5.41) is 0. The highest BCUT2D eigenvalue weighted by Crippen LogP contribution is 2.12. The summed E-state index contributed by atoms with van der Waals surface area (Å²) in [5.74, 6) is 0. The van der Waals surface area contributed by atoms with Crippen molar-refractivity contribution < 1.29 is 8.85 Å². The number of nitrogens with zero attached hydrogens (tertiary/aromatic N) is 1. The Kier molecular flexibility index (Phi) is 12.2. The molecule has 0 fully saturated rings. The topological polar surface area (TPSA) is 21.7 Å². The van der Waals surface area contributed by atoms with E-state index in [9.17, 15) is 0 Å². The molecule has 0 aliphatic heterocycles. The zero-order chi connectivity index (χ0) is 13.8. The standard InChI is InChI=1S/C14H33NO2Si/c1-6-11-15(12-7-2)14(5)10-13-18(16-8-3)17-9-4/h14,18H,6-13H2,1-5H3. The van der Waals surface area contributed by atoms with E-state index < -0.39 is 9.28 Å². The molecular weight excluding hydrogens is 242 g/mol. The third-order valence-electron chi connectivity index (χ3n) is 3.17. The van der Waals surface area contributed by atoms with Gasteiger partial charge in [-0.3, -0.25) is 0 Å². The lowest BCUT2D eigenvalue weighted by Gasteiger charge is -2.29. The average Bonchev–Trinajstić information content (AvgIpc) is 2.36. The van der Waals surface area contributed by atoms with Crippen molar-refractivity contribution in [2.45, 2.75) is 66.0 Å². The van der Waals surface area contributed by atoms with Crippen molar-refractivity contribution in [3.05, 3.63) is 0 Å². The van der Waals surface area contributed by atoms with Gasteiger partial charge in [-0.15, -0.1) is 0 Å². The fourth-order valence-corrected chi connectivity index (χ4v) is 4.20. The molecule has 18 heavy (non-hydrogen) atoms. The normalized spacial score (nSPS) is 13.5. The lowest BCUT2D eigenvalue weighted by Crippen LogP contribution is -2.36. The molecule has 0 heterocycles. The quantitative estimate of drug-likeness (QED) is 0.511. The van der Waals surface area contributed by atoms with E-state index in [0.717, 1.165) is 19.3 Å². The first-order chi connectivity index (χ1) is 8.69. The summed E-state index contributed by atoms with van der Waals surface area (Å²) in [6.45, 7) is 15.0. The van der Waals surface area contributed by atoms with Crippen LogP contribution in [0, 0.1) is 0 Å². The molecule has 0 bridgehead atoms. The predicted molar refractivity (Wildman–Crippen MR) is 81.4 cm³/mol. The maximum Gasteiger partial charge on any atom is 0.321 e. The van der Waals surface area contributed by atoms with Gasteiger partial charge in [0.1, 0.15) is 0 Å². The van der Waals surface area contributed by atoms with Crippen molar-refractivity contribution in [1.82, 2.24) is 4.90 Å². The molecule has 0 saturated carbocycles. The van der Waals surface area contributed by atoms with Crippen LogP contribution in [0.4, 0.5) is 0 Å². The molecule has 0 spiro atoms. The predicted octanol–water partition coefficient (Wildman–Crippen LogP) is 3.18. The first-order valence-corrected chi connectivity index (χ1v) is 9.42. The van der Waals surface area contributed by atoms with E-state index in [1.54, 1.807) is 0 Å². The molecule has 3 nitrogen and oxygen atoms in total. The van der Waals surface area contributed by atoms with E-state index in [-0.39, 0.29) is 0 Å². The van der Waals surface area contributed by atoms with E-state index in [4.69, 9.17) is 8.85 Å². The monoisotopic (exact) mass is 275 g/mol. The lowest BCUT2D eigenvalue weighted by molar-refractivity contribution is 0.187. The summed E-state index contributed by atoms with van der Waals surface area (Å²) in [4.78, 5) is 2.60. The summed E-state index contributed by atoms with van der Waals surface area (Å²) < 4.78 is 11.5. The first kappa shape index (κ1) is 18.1. The Balaban J connectivity index is 4.04. The number of hydrogen-bond donors (Lipinski definition) is 0. The van der Waals surface area contributed by atoms with Crippen LogP contribution in [0.15, 0.2) is 0 Å². The summed E-state index contributed by atoms with van der Waals surface area (Å²) in [6, 6.07) is 1.79. The van der Waals surface area contributed by atoms with E-state index in [2.05, 4.69) is 39.5 Å². The Morgan fingerprint density at radius 3 is 1.83 bits per heavy atom. The Morgan fingerprint density at radius 1 is 0.944 bits per heavy atom. The van der Waals surface area contributed by atoms with Crippen molar-refractivity contribution >= 4 is 9.28 Å². The summed E-state index contributed by atoms with van der Waals surface area (Å²) in [7, 11) is -1.40. The van der Waals surface area contributed by atoms with E-state index in [1.165, 1.54) is 32.4 Å². The summed E-state index contributed by atoms with van der Waals surface area (Å²) in [6.07, 6.45) is 3.68. The van der Waals surface area contributed by atoms with Gasteiger partial charge in [0.2, 0.25) is 0 Å². The van der Waals surface area contributed by atoms with Gasteiger partial charge < -0.3 is 13.8 Å². The number of rotatable bonds is 12. The largest absolute Gasteiger partial charge is 0.397 e. The molecule has 1 unspecified atom stereocenters. The summed E-state index contributed by atoms with van der Waals surface area (Å²) >= 11 is 0. The smallest absolute Gasteiger partial charge is 0.321 e. The van der Waals surface area contributed by atoms with Crippen LogP contribution < -0.4 is 0 Å². The van der Waals surface area contributed by atoms with Crippen molar-refractivity contribution in [3.63, 3.8) is 0 Å². The van der Waals surface area contributed by atoms with Gasteiger partial charge in [0, 0.05) is 19.3 Å². The van der Waals surface area contributed by atoms with Gasteiger partial charge in [-0.1, -0.05) is 13.8 Å². The zero-order valence-corrected chi connectivity index (χ0v) is 14.2. The van der Waals surface area contributed by atoms with Gasteiger partial charge >= 0.3 is 9.28 Å². The van der Waals surface area contributed by atoms with Crippen molar-refractivity contribution in [2.24, 2.45) is 0 Å². The average molecular weight is 276 g/mol. The van der Waals surface area contributed by atoms with Crippen LogP contribution in [-0.4, -0.2) is 46.5 Å². The molecule has 0 aromatic rings. The Morgan fingerprint density at radius 2 is 1.44 bits per heavy atom. The maximum atomic E-state index is 5.73. The second kappa shape index (κ2) is 12.1. The van der Waals surface area contributed by atoms with Crippen LogP contribution in [0.3, 0.4) is 0 Å². The van der Waals surface area contributed by atoms with Crippen LogP contribution in [-0.2, 0) is 8.85 Å². The van der Waals surface area contributed by atoms with Crippen LogP contribution in [0.2, 0.25) is 6.04 Å². The zero-order valence-electron chi connectivity index (χ0n) is 13.1. The van der Waals surface area contributed by atoms with Gasteiger partial charge in [-0.05, 0) is 59.2 Å².